The number of hydrogen-bond donors (Lipinski definition) is 1. The quantitative estimate of drug-likeness (QED) is 0.647. The first-order valence-electron chi connectivity index (χ1n) is 4.38. The average Bonchev–Trinajstić information content (AvgIpc) is 2.36. The topological polar surface area (TPSA) is 46.5 Å². The Morgan fingerprint density at radius 1 is 1.50 bits per heavy atom. The van der Waals surface area contributed by atoms with Crippen molar-refractivity contribution in [3.05, 3.63) is 0 Å². The van der Waals surface area contributed by atoms with E-state index in [0.717, 1.165) is 12.8 Å². The monoisotopic (exact) mass is 170 g/mol. The summed E-state index contributed by atoms with van der Waals surface area (Å²) in [5.74, 6) is -1.00. The highest BCUT2D eigenvalue weighted by Gasteiger charge is 2.59. The zero-order valence-electron chi connectivity index (χ0n) is 7.46. The Kier molecular flexibility index (Phi) is 1.35. The zero-order valence-corrected chi connectivity index (χ0v) is 7.46. The molecule has 0 spiro atoms. The Morgan fingerprint density at radius 2 is 2.17 bits per heavy atom. The van der Waals surface area contributed by atoms with E-state index in [2.05, 4.69) is 0 Å². The molecule has 2 saturated heterocycles. The lowest BCUT2D eigenvalue weighted by Crippen LogP contribution is -2.35. The van der Waals surface area contributed by atoms with E-state index in [9.17, 15) is 4.79 Å². The third-order valence-corrected chi connectivity index (χ3v) is 3.30. The number of ether oxygens (including phenoxy) is 1. The fraction of sp³-hybridized carbons (Fsp3) is 0.889. The molecule has 1 N–H and O–H groups in total. The smallest absolute Gasteiger partial charge is 0.309 e. The van der Waals surface area contributed by atoms with E-state index in [0.29, 0.717) is 6.42 Å². The second-order valence-electron chi connectivity index (χ2n) is 4.46. The van der Waals surface area contributed by atoms with Gasteiger partial charge in [-0.2, -0.15) is 0 Å². The molecule has 0 aliphatic carbocycles. The van der Waals surface area contributed by atoms with Crippen molar-refractivity contribution in [2.45, 2.75) is 44.3 Å². The van der Waals surface area contributed by atoms with Gasteiger partial charge in [-0.3, -0.25) is 4.79 Å². The van der Waals surface area contributed by atoms with Crippen LogP contribution in [0.15, 0.2) is 0 Å². The molecule has 0 saturated carbocycles. The van der Waals surface area contributed by atoms with Crippen molar-refractivity contribution in [2.75, 3.05) is 0 Å². The van der Waals surface area contributed by atoms with Gasteiger partial charge in [-0.05, 0) is 33.1 Å². The van der Waals surface area contributed by atoms with Crippen LogP contribution in [-0.2, 0) is 9.53 Å². The molecule has 2 aliphatic heterocycles. The lowest BCUT2D eigenvalue weighted by Gasteiger charge is -2.25. The molecule has 12 heavy (non-hydrogen) atoms. The molecule has 2 rings (SSSR count). The van der Waals surface area contributed by atoms with Crippen LogP contribution in [0.5, 0.6) is 0 Å². The summed E-state index contributed by atoms with van der Waals surface area (Å²) < 4.78 is 5.74. The van der Waals surface area contributed by atoms with E-state index in [1.165, 1.54) is 0 Å². The lowest BCUT2D eigenvalue weighted by molar-refractivity contribution is -0.147. The molecular weight excluding hydrogens is 156 g/mol. The number of carboxylic acids is 1. The van der Waals surface area contributed by atoms with Crippen LogP contribution >= 0.6 is 0 Å². The third-order valence-electron chi connectivity index (χ3n) is 3.30. The maximum absolute atomic E-state index is 10.9. The van der Waals surface area contributed by atoms with Crippen molar-refractivity contribution in [1.82, 2.24) is 0 Å². The predicted molar refractivity (Wildman–Crippen MR) is 42.9 cm³/mol. The summed E-state index contributed by atoms with van der Waals surface area (Å²) in [5, 5.41) is 8.93. The molecule has 0 aromatic heterocycles. The number of aliphatic carboxylic acids is 1. The summed E-state index contributed by atoms with van der Waals surface area (Å²) in [5.41, 5.74) is -0.543. The van der Waals surface area contributed by atoms with Crippen LogP contribution in [0.1, 0.15) is 33.1 Å². The summed E-state index contributed by atoms with van der Waals surface area (Å²) >= 11 is 0. The highest BCUT2D eigenvalue weighted by atomic mass is 16.5. The summed E-state index contributed by atoms with van der Waals surface area (Å²) in [4.78, 5) is 10.9. The normalized spacial score (nSPS) is 51.3. The fourth-order valence-corrected chi connectivity index (χ4v) is 2.56. The molecule has 2 heterocycles. The SMILES string of the molecule is CC12CCC(C)(O1)[C@H](C(=O)O)C2. The van der Waals surface area contributed by atoms with E-state index in [1.807, 2.05) is 13.8 Å². The number of hydrogen-bond acceptors (Lipinski definition) is 2. The first kappa shape index (κ1) is 8.05. The molecule has 0 radical (unpaired) electrons. The number of rotatable bonds is 1. The minimum Gasteiger partial charge on any atom is -0.481 e. The van der Waals surface area contributed by atoms with Gasteiger partial charge >= 0.3 is 5.97 Å². The first-order valence-corrected chi connectivity index (χ1v) is 4.38. The minimum atomic E-state index is -0.707. The molecular formula is C9H14O3. The van der Waals surface area contributed by atoms with Crippen LogP contribution in [0.2, 0.25) is 0 Å². The van der Waals surface area contributed by atoms with Gasteiger partial charge in [0.05, 0.1) is 17.1 Å². The minimum absolute atomic E-state index is 0.155. The Bertz CT molecular complexity index is 238. The first-order chi connectivity index (χ1) is 5.45. The summed E-state index contributed by atoms with van der Waals surface area (Å²) in [6.45, 7) is 3.94. The highest BCUT2D eigenvalue weighted by molar-refractivity contribution is 5.72. The Hall–Kier alpha value is -0.570. The summed E-state index contributed by atoms with van der Waals surface area (Å²) in [6.07, 6.45) is 2.58. The predicted octanol–water partition coefficient (Wildman–Crippen LogP) is 1.42. The van der Waals surface area contributed by atoms with E-state index < -0.39 is 5.97 Å². The lowest BCUT2D eigenvalue weighted by atomic mass is 9.75. The van der Waals surface area contributed by atoms with Gasteiger partial charge in [0.25, 0.3) is 0 Å². The molecule has 3 heteroatoms. The molecule has 2 aliphatic rings. The second-order valence-corrected chi connectivity index (χ2v) is 4.46. The van der Waals surface area contributed by atoms with E-state index in [4.69, 9.17) is 9.84 Å². The molecule has 2 unspecified atom stereocenters. The van der Waals surface area contributed by atoms with Crippen molar-refractivity contribution in [3.63, 3.8) is 0 Å². The van der Waals surface area contributed by atoms with Crippen molar-refractivity contribution in [3.8, 4) is 0 Å². The van der Waals surface area contributed by atoms with Crippen molar-refractivity contribution >= 4 is 5.97 Å². The number of fused-ring (bicyclic) bond motifs is 2. The van der Waals surface area contributed by atoms with Crippen LogP contribution in [-0.4, -0.2) is 22.3 Å². The van der Waals surface area contributed by atoms with Crippen LogP contribution in [0.25, 0.3) is 0 Å². The molecule has 0 aromatic carbocycles. The van der Waals surface area contributed by atoms with Crippen molar-refractivity contribution in [2.24, 2.45) is 5.92 Å². The Labute approximate surface area is 71.7 Å². The summed E-state index contributed by atoms with van der Waals surface area (Å²) in [7, 11) is 0. The summed E-state index contributed by atoms with van der Waals surface area (Å²) in [6, 6.07) is 0. The molecule has 2 fully saturated rings. The van der Waals surface area contributed by atoms with Gasteiger partial charge in [0.15, 0.2) is 0 Å². The Morgan fingerprint density at radius 3 is 2.42 bits per heavy atom. The van der Waals surface area contributed by atoms with Crippen molar-refractivity contribution in [1.29, 1.82) is 0 Å². The molecule has 3 atom stereocenters. The maximum Gasteiger partial charge on any atom is 0.309 e. The fourth-order valence-electron chi connectivity index (χ4n) is 2.56. The average molecular weight is 170 g/mol. The van der Waals surface area contributed by atoms with E-state index in [1.54, 1.807) is 0 Å². The van der Waals surface area contributed by atoms with E-state index >= 15 is 0 Å². The van der Waals surface area contributed by atoms with Gasteiger partial charge in [0, 0.05) is 0 Å². The Balaban J connectivity index is 2.28. The standard InChI is InChI=1S/C9H14O3/c1-8-3-4-9(2,12-8)6(5-8)7(10)11/h6H,3-5H2,1-2H3,(H,10,11)/t6-,8?,9?/m0/s1. The van der Waals surface area contributed by atoms with Gasteiger partial charge in [0.2, 0.25) is 0 Å². The van der Waals surface area contributed by atoms with Gasteiger partial charge in [-0.25, -0.2) is 0 Å². The van der Waals surface area contributed by atoms with Gasteiger partial charge in [-0.15, -0.1) is 0 Å². The van der Waals surface area contributed by atoms with Crippen molar-refractivity contribution < 1.29 is 14.6 Å². The van der Waals surface area contributed by atoms with Gasteiger partial charge in [-0.1, -0.05) is 0 Å². The molecule has 0 amide bonds. The van der Waals surface area contributed by atoms with Crippen LogP contribution in [0.4, 0.5) is 0 Å². The number of carbonyl (C=O) groups is 1. The third kappa shape index (κ3) is 0.891. The maximum atomic E-state index is 10.9. The molecule has 68 valence electrons. The van der Waals surface area contributed by atoms with E-state index in [-0.39, 0.29) is 17.1 Å². The van der Waals surface area contributed by atoms with Crippen LogP contribution < -0.4 is 0 Å². The van der Waals surface area contributed by atoms with Gasteiger partial charge < -0.3 is 9.84 Å². The molecule has 3 nitrogen and oxygen atoms in total. The zero-order chi connectivity index (χ0) is 8.98. The largest absolute Gasteiger partial charge is 0.481 e. The molecule has 2 bridgehead atoms. The van der Waals surface area contributed by atoms with Gasteiger partial charge in [0.1, 0.15) is 0 Å². The number of carboxylic acid groups (broad SMARTS) is 1. The van der Waals surface area contributed by atoms with Crippen LogP contribution in [0.3, 0.4) is 0 Å². The highest BCUT2D eigenvalue weighted by Crippen LogP contribution is 2.53. The molecule has 0 aromatic rings. The second kappa shape index (κ2) is 2.02. The van der Waals surface area contributed by atoms with Crippen LogP contribution in [0, 0.1) is 5.92 Å².